The van der Waals surface area contributed by atoms with Crippen molar-refractivity contribution in [1.29, 1.82) is 0 Å². The highest BCUT2D eigenvalue weighted by Crippen LogP contribution is 2.14. The summed E-state index contributed by atoms with van der Waals surface area (Å²) in [7, 11) is 0. The average molecular weight is 200 g/mol. The first-order chi connectivity index (χ1) is 6.09. The smallest absolute Gasteiger partial charge is 0.394 e. The van der Waals surface area contributed by atoms with Gasteiger partial charge in [0.1, 0.15) is 0 Å². The Hall–Kier alpha value is -1.55. The maximum Gasteiger partial charge on any atom is 0.394 e. The van der Waals surface area contributed by atoms with Gasteiger partial charge in [-0.05, 0) is 18.2 Å². The largest absolute Gasteiger partial charge is 0.474 e. The predicted molar refractivity (Wildman–Crippen MR) is 47.7 cm³/mol. The van der Waals surface area contributed by atoms with Gasteiger partial charge in [-0.1, -0.05) is 17.7 Å². The lowest BCUT2D eigenvalue weighted by Gasteiger charge is -2.00. The Morgan fingerprint density at radius 2 is 2.08 bits per heavy atom. The highest BCUT2D eigenvalue weighted by molar-refractivity contribution is 6.36. The molecular formula is C8H6ClNO3. The Labute approximate surface area is 79.1 Å². The van der Waals surface area contributed by atoms with Crippen LogP contribution in [0, 0.1) is 0 Å². The number of amides is 1. The van der Waals surface area contributed by atoms with Gasteiger partial charge in [0.2, 0.25) is 0 Å². The summed E-state index contributed by atoms with van der Waals surface area (Å²) in [6, 6.07) is 6.24. The van der Waals surface area contributed by atoms with Crippen LogP contribution in [0.15, 0.2) is 24.3 Å². The van der Waals surface area contributed by atoms with Crippen LogP contribution in [0.1, 0.15) is 0 Å². The molecule has 0 aromatic heterocycles. The van der Waals surface area contributed by atoms with Gasteiger partial charge in [-0.25, -0.2) is 4.79 Å². The first-order valence-electron chi connectivity index (χ1n) is 3.39. The maximum atomic E-state index is 10.7. The van der Waals surface area contributed by atoms with Crippen LogP contribution in [0.4, 0.5) is 5.69 Å². The molecule has 0 saturated heterocycles. The van der Waals surface area contributed by atoms with Gasteiger partial charge in [0.05, 0.1) is 0 Å². The van der Waals surface area contributed by atoms with Gasteiger partial charge in [0.15, 0.2) is 0 Å². The molecule has 1 rings (SSSR count). The van der Waals surface area contributed by atoms with Crippen LogP contribution < -0.4 is 5.32 Å². The van der Waals surface area contributed by atoms with Gasteiger partial charge in [0, 0.05) is 10.7 Å². The molecule has 0 spiro atoms. The minimum atomic E-state index is -1.53. The predicted octanol–water partition coefficient (Wildman–Crippen LogP) is 1.36. The first kappa shape index (κ1) is 9.54. The fourth-order valence-electron chi connectivity index (χ4n) is 0.751. The molecule has 0 aliphatic rings. The number of hydrogen-bond acceptors (Lipinski definition) is 2. The molecule has 0 saturated carbocycles. The molecule has 0 unspecified atom stereocenters. The van der Waals surface area contributed by atoms with Crippen LogP contribution in [0.2, 0.25) is 5.02 Å². The standard InChI is InChI=1S/C8H6ClNO3/c9-5-2-1-3-6(4-5)10-7(11)8(12)13/h1-4H,(H,10,11)(H,12,13). The van der Waals surface area contributed by atoms with E-state index in [0.29, 0.717) is 10.7 Å². The highest BCUT2D eigenvalue weighted by atomic mass is 35.5. The molecule has 2 N–H and O–H groups in total. The number of anilines is 1. The van der Waals surface area contributed by atoms with E-state index in [1.807, 2.05) is 0 Å². The van der Waals surface area contributed by atoms with Crippen LogP contribution in [0.25, 0.3) is 0 Å². The highest BCUT2D eigenvalue weighted by Gasteiger charge is 2.10. The van der Waals surface area contributed by atoms with Crippen molar-refractivity contribution < 1.29 is 14.7 Å². The van der Waals surface area contributed by atoms with Gasteiger partial charge >= 0.3 is 11.9 Å². The number of carboxylic acids is 1. The number of nitrogens with one attached hydrogen (secondary N) is 1. The van der Waals surface area contributed by atoms with E-state index in [1.165, 1.54) is 6.07 Å². The van der Waals surface area contributed by atoms with Gasteiger partial charge in [-0.15, -0.1) is 0 Å². The quantitative estimate of drug-likeness (QED) is 0.672. The number of carbonyl (C=O) groups is 2. The van der Waals surface area contributed by atoms with Crippen molar-refractivity contribution in [2.45, 2.75) is 0 Å². The average Bonchev–Trinajstić information content (AvgIpc) is 2.04. The molecule has 1 amide bonds. The zero-order valence-corrected chi connectivity index (χ0v) is 7.21. The van der Waals surface area contributed by atoms with Crippen molar-refractivity contribution in [2.24, 2.45) is 0 Å². The van der Waals surface area contributed by atoms with E-state index in [-0.39, 0.29) is 0 Å². The Balaban J connectivity index is 2.75. The van der Waals surface area contributed by atoms with E-state index in [9.17, 15) is 9.59 Å². The maximum absolute atomic E-state index is 10.7. The minimum absolute atomic E-state index is 0.361. The van der Waals surface area contributed by atoms with Crippen molar-refractivity contribution in [3.05, 3.63) is 29.3 Å². The summed E-state index contributed by atoms with van der Waals surface area (Å²) in [6.45, 7) is 0. The molecule has 0 aliphatic heterocycles. The summed E-state index contributed by atoms with van der Waals surface area (Å²) >= 11 is 5.61. The fourth-order valence-corrected chi connectivity index (χ4v) is 0.941. The van der Waals surface area contributed by atoms with E-state index in [4.69, 9.17) is 16.7 Å². The first-order valence-corrected chi connectivity index (χ1v) is 3.77. The van der Waals surface area contributed by atoms with Crippen molar-refractivity contribution in [3.63, 3.8) is 0 Å². The second-order valence-electron chi connectivity index (χ2n) is 2.27. The number of carboxylic acid groups (broad SMARTS) is 1. The van der Waals surface area contributed by atoms with Crippen LogP contribution >= 0.6 is 11.6 Å². The molecule has 0 fully saturated rings. The van der Waals surface area contributed by atoms with E-state index in [2.05, 4.69) is 5.32 Å². The lowest BCUT2D eigenvalue weighted by Crippen LogP contribution is -2.21. The summed E-state index contributed by atoms with van der Waals surface area (Å²) in [6.07, 6.45) is 0. The minimum Gasteiger partial charge on any atom is -0.474 e. The van der Waals surface area contributed by atoms with Crippen molar-refractivity contribution in [2.75, 3.05) is 5.32 Å². The molecule has 1 aromatic rings. The van der Waals surface area contributed by atoms with Crippen molar-refractivity contribution >= 4 is 29.2 Å². The number of halogens is 1. The molecule has 0 bridgehead atoms. The molecule has 4 nitrogen and oxygen atoms in total. The van der Waals surface area contributed by atoms with Crippen LogP contribution in [0.3, 0.4) is 0 Å². The SMILES string of the molecule is O=C(O)C(=O)Nc1cccc(Cl)c1. The molecule has 0 heterocycles. The third-order valence-electron chi connectivity index (χ3n) is 1.28. The van der Waals surface area contributed by atoms with E-state index < -0.39 is 11.9 Å². The zero-order chi connectivity index (χ0) is 9.84. The molecular weight excluding hydrogens is 194 g/mol. The van der Waals surface area contributed by atoms with Crippen molar-refractivity contribution in [1.82, 2.24) is 0 Å². The van der Waals surface area contributed by atoms with Crippen LogP contribution in [-0.4, -0.2) is 17.0 Å². The third kappa shape index (κ3) is 2.76. The Kier molecular flexibility index (Phi) is 2.87. The fraction of sp³-hybridized carbons (Fsp3) is 0. The zero-order valence-electron chi connectivity index (χ0n) is 6.45. The lowest BCUT2D eigenvalue weighted by atomic mass is 10.3. The van der Waals surface area contributed by atoms with Crippen molar-refractivity contribution in [3.8, 4) is 0 Å². The molecule has 0 atom stereocenters. The third-order valence-corrected chi connectivity index (χ3v) is 1.51. The summed E-state index contributed by atoms with van der Waals surface area (Å²) in [5.74, 6) is -2.61. The molecule has 0 aliphatic carbocycles. The van der Waals surface area contributed by atoms with Gasteiger partial charge in [0.25, 0.3) is 0 Å². The molecule has 13 heavy (non-hydrogen) atoms. The van der Waals surface area contributed by atoms with Crippen LogP contribution in [-0.2, 0) is 9.59 Å². The number of carbonyl (C=O) groups excluding carboxylic acids is 1. The number of benzene rings is 1. The molecule has 0 radical (unpaired) electrons. The van der Waals surface area contributed by atoms with Crippen LogP contribution in [0.5, 0.6) is 0 Å². The number of hydrogen-bond donors (Lipinski definition) is 2. The Morgan fingerprint density at radius 1 is 1.38 bits per heavy atom. The number of aliphatic carboxylic acids is 1. The van der Waals surface area contributed by atoms with Gasteiger partial charge in [-0.2, -0.15) is 0 Å². The molecule has 68 valence electrons. The summed E-state index contributed by atoms with van der Waals surface area (Å²) in [4.78, 5) is 20.8. The Bertz CT molecular complexity index is 351. The van der Waals surface area contributed by atoms with E-state index in [0.717, 1.165) is 0 Å². The topological polar surface area (TPSA) is 66.4 Å². The second kappa shape index (κ2) is 3.91. The van der Waals surface area contributed by atoms with Gasteiger partial charge in [-0.3, -0.25) is 4.79 Å². The van der Waals surface area contributed by atoms with E-state index >= 15 is 0 Å². The molecule has 5 heteroatoms. The second-order valence-corrected chi connectivity index (χ2v) is 2.71. The van der Waals surface area contributed by atoms with E-state index in [1.54, 1.807) is 18.2 Å². The van der Waals surface area contributed by atoms with Gasteiger partial charge < -0.3 is 10.4 Å². The lowest BCUT2D eigenvalue weighted by molar-refractivity contribution is -0.147. The normalized spacial score (nSPS) is 9.31. The molecule has 1 aromatic carbocycles. The summed E-state index contributed by atoms with van der Waals surface area (Å²) < 4.78 is 0. The summed E-state index contributed by atoms with van der Waals surface area (Å²) in [5.41, 5.74) is 0.361. The summed E-state index contributed by atoms with van der Waals surface area (Å²) in [5, 5.41) is 10.9. The number of rotatable bonds is 1. The monoisotopic (exact) mass is 199 g/mol. The Morgan fingerprint density at radius 3 is 2.62 bits per heavy atom.